The lowest BCUT2D eigenvalue weighted by Crippen LogP contribution is -2.61. The van der Waals surface area contributed by atoms with Crippen molar-refractivity contribution >= 4 is 24.5 Å². The van der Waals surface area contributed by atoms with E-state index in [0.717, 1.165) is 32.1 Å². The van der Waals surface area contributed by atoms with E-state index >= 15 is 0 Å². The monoisotopic (exact) mass is 645 g/mol. The lowest BCUT2D eigenvalue weighted by atomic mass is 9.43. The Kier molecular flexibility index (Phi) is 11.5. The summed E-state index contributed by atoms with van der Waals surface area (Å²) in [4.78, 5) is 30.4. The fraction of sp³-hybridized carbons (Fsp3) is 0.935. The van der Waals surface area contributed by atoms with Gasteiger partial charge in [0.25, 0.3) is 0 Å². The van der Waals surface area contributed by atoms with Crippen molar-refractivity contribution in [1.29, 1.82) is 0 Å². The van der Waals surface area contributed by atoms with Gasteiger partial charge in [0.15, 0.2) is 24.9 Å². The molecule has 1 aliphatic heterocycles. The van der Waals surface area contributed by atoms with E-state index in [-0.39, 0.29) is 47.3 Å². The smallest absolute Gasteiger partial charge is 0.306 e. The van der Waals surface area contributed by atoms with Crippen LogP contribution in [0.2, 0.25) is 0 Å². The number of hydrogen-bond donors (Lipinski definition) is 3. The Hall–Kier alpha value is -1.32. The summed E-state index contributed by atoms with van der Waals surface area (Å²) in [5.74, 6) is -1.63. The highest BCUT2D eigenvalue weighted by Crippen LogP contribution is 2.71. The minimum atomic E-state index is -1.11. The molecule has 5 fully saturated rings. The number of aliphatic hydroxyl groups excluding tert-OH is 2. The van der Waals surface area contributed by atoms with E-state index in [1.54, 1.807) is 6.92 Å². The zero-order valence-corrected chi connectivity index (χ0v) is 27.1. The zero-order valence-electron chi connectivity index (χ0n) is 26.3. The fourth-order valence-corrected chi connectivity index (χ4v) is 10.2. The number of fused-ring (bicyclic) bond motifs is 3. The minimum Gasteiger partial charge on any atom is -0.692 e. The summed E-state index contributed by atoms with van der Waals surface area (Å²) in [5, 5.41) is 46.5. The maximum absolute atomic E-state index is 12.8. The lowest BCUT2D eigenvalue weighted by molar-refractivity contribution is -0.807. The van der Waals surface area contributed by atoms with Crippen molar-refractivity contribution in [2.45, 2.75) is 123 Å². The number of carboxylic acids is 1. The molecule has 44 heavy (non-hydrogen) atoms. The van der Waals surface area contributed by atoms with Crippen LogP contribution in [0, 0.1) is 52.3 Å². The molecule has 1 heterocycles. The van der Waals surface area contributed by atoms with Crippen molar-refractivity contribution < 1.29 is 58.5 Å². The van der Waals surface area contributed by atoms with Gasteiger partial charge < -0.3 is 34.8 Å². The maximum Gasteiger partial charge on any atom is 0.306 e. The molecular weight excluding hydrogens is 596 g/mol. The number of esters is 1. The Balaban J connectivity index is 0.00000216. The number of rotatable bonds is 9. The standard InChI is InChI=1S/C31H50O11.OS/c1-15(2)10-24(33)40-26-17(4)25(41-42-37)22(14-32)39-29(26)38-19-11-20(28(35)36)21-8-9-31-12-18(16(3)27(31)34)6-7-23(31)30(21,5)13-19;1-2/h15-23,25-27,29,32,34,37H,6-14H2,1-5H3,(H,35,36);/p-1/t16?,17-,18?,19?,20?,21?,22?,23?,25?,26?,27?,29?,30?,31?;/m0./s1. The van der Waals surface area contributed by atoms with Gasteiger partial charge in [-0.15, -0.1) is 0 Å². The van der Waals surface area contributed by atoms with E-state index in [2.05, 4.69) is 31.4 Å². The summed E-state index contributed by atoms with van der Waals surface area (Å²) in [7, 11) is 0. The second kappa shape index (κ2) is 14.2. The van der Waals surface area contributed by atoms with Gasteiger partial charge in [-0.05, 0) is 80.0 Å². The van der Waals surface area contributed by atoms with Gasteiger partial charge in [-0.3, -0.25) is 14.6 Å². The van der Waals surface area contributed by atoms with E-state index < -0.39 is 67.2 Å². The Labute approximate surface area is 264 Å². The van der Waals surface area contributed by atoms with Crippen LogP contribution in [-0.4, -0.2) is 74.9 Å². The average Bonchev–Trinajstić information content (AvgIpc) is 3.15. The molecule has 0 amide bonds. The molecule has 14 atom stereocenters. The van der Waals surface area contributed by atoms with Crippen LogP contribution < -0.4 is 5.26 Å². The topological polar surface area (TPSA) is 181 Å². The van der Waals surface area contributed by atoms with E-state index in [0.29, 0.717) is 12.3 Å². The second-order valence-corrected chi connectivity index (χ2v) is 14.7. The quantitative estimate of drug-likeness (QED) is 0.144. The van der Waals surface area contributed by atoms with Crippen molar-refractivity contribution in [3.05, 3.63) is 0 Å². The summed E-state index contributed by atoms with van der Waals surface area (Å²) in [6, 6.07) is 0. The van der Waals surface area contributed by atoms with Crippen molar-refractivity contribution in [2.24, 2.45) is 52.3 Å². The highest BCUT2D eigenvalue weighted by atomic mass is 32.1. The van der Waals surface area contributed by atoms with Crippen LogP contribution in [-0.2, 0) is 46.3 Å². The van der Waals surface area contributed by atoms with E-state index in [9.17, 15) is 30.2 Å². The maximum atomic E-state index is 12.8. The van der Waals surface area contributed by atoms with Gasteiger partial charge in [-0.1, -0.05) is 34.6 Å². The van der Waals surface area contributed by atoms with Gasteiger partial charge in [-0.2, -0.15) is 4.21 Å². The number of carboxylic acid groups (broad SMARTS) is 1. The molecular formula is C31H49O12S-. The molecule has 5 aliphatic rings. The molecule has 0 aromatic heterocycles. The second-order valence-electron chi connectivity index (χ2n) is 14.7. The Morgan fingerprint density at radius 2 is 1.80 bits per heavy atom. The third-order valence-electron chi connectivity index (χ3n) is 12.0. The van der Waals surface area contributed by atoms with E-state index in [1.165, 1.54) is 0 Å². The lowest BCUT2D eigenvalue weighted by Gasteiger charge is -2.62. The van der Waals surface area contributed by atoms with Crippen LogP contribution in [0.25, 0.3) is 0 Å². The molecule has 13 unspecified atom stereocenters. The van der Waals surface area contributed by atoms with Crippen molar-refractivity contribution in [2.75, 3.05) is 6.61 Å². The molecule has 2 bridgehead atoms. The normalized spacial score (nSPS) is 46.3. The summed E-state index contributed by atoms with van der Waals surface area (Å²) < 4.78 is 26.3. The van der Waals surface area contributed by atoms with Gasteiger partial charge in [0.2, 0.25) is 0 Å². The molecule has 1 spiro atoms. The molecule has 4 aliphatic carbocycles. The molecule has 3 N–H and O–H groups in total. The molecule has 0 aromatic rings. The molecule has 0 aromatic carbocycles. The third-order valence-corrected chi connectivity index (χ3v) is 12.0. The number of hydrogen-bond acceptors (Lipinski definition) is 12. The highest BCUT2D eigenvalue weighted by molar-refractivity contribution is 7.44. The van der Waals surface area contributed by atoms with Gasteiger partial charge >= 0.3 is 11.9 Å². The third kappa shape index (κ3) is 6.32. The van der Waals surface area contributed by atoms with Gasteiger partial charge in [0.05, 0.1) is 24.7 Å². The largest absolute Gasteiger partial charge is 0.692 e. The van der Waals surface area contributed by atoms with Crippen LogP contribution in [0.3, 0.4) is 0 Å². The number of carbonyl (C=O) groups excluding carboxylic acids is 1. The van der Waals surface area contributed by atoms with Crippen LogP contribution in [0.15, 0.2) is 0 Å². The number of ether oxygens (including phenoxy) is 3. The summed E-state index contributed by atoms with van der Waals surface area (Å²) in [5.41, 5.74) is -0.572. The van der Waals surface area contributed by atoms with Crippen LogP contribution in [0.4, 0.5) is 0 Å². The highest BCUT2D eigenvalue weighted by Gasteiger charge is 2.67. The predicted octanol–water partition coefficient (Wildman–Crippen LogP) is 2.26. The number of aliphatic carboxylic acids is 1. The minimum absolute atomic E-state index is 0.0341. The molecule has 13 heteroatoms. The summed E-state index contributed by atoms with van der Waals surface area (Å²) in [6.07, 6.45) is 0.662. The van der Waals surface area contributed by atoms with E-state index in [1.807, 2.05) is 13.8 Å². The SMILES string of the molecule is CC(C)CC(=O)OC1C(OC2CC(C(=O)O)C3CCC45CC(CCC4C3(C)C2)C(C)C5O)OC(CO)C(OO[O-])[C@@H]1C.O=S. The molecule has 4 saturated carbocycles. The Bertz CT molecular complexity index is 1010. The summed E-state index contributed by atoms with van der Waals surface area (Å²) in [6.45, 7) is 9.36. The number of aliphatic hydroxyl groups is 2. The Morgan fingerprint density at radius 3 is 2.41 bits per heavy atom. The molecule has 0 radical (unpaired) electrons. The molecule has 1 saturated heterocycles. The molecule has 5 rings (SSSR count). The van der Waals surface area contributed by atoms with Crippen LogP contribution in [0.1, 0.15) is 86.0 Å². The summed E-state index contributed by atoms with van der Waals surface area (Å²) >= 11 is 2.83. The first-order valence-corrected chi connectivity index (χ1v) is 16.3. The fourth-order valence-electron chi connectivity index (χ4n) is 10.2. The van der Waals surface area contributed by atoms with Crippen molar-refractivity contribution in [3.63, 3.8) is 0 Å². The molecule has 12 nitrogen and oxygen atoms in total. The van der Waals surface area contributed by atoms with E-state index in [4.69, 9.17) is 23.3 Å². The number of carbonyl (C=O) groups is 2. The zero-order chi connectivity index (χ0) is 32.6. The first-order valence-electron chi connectivity index (χ1n) is 16.0. The van der Waals surface area contributed by atoms with Crippen molar-refractivity contribution in [1.82, 2.24) is 0 Å². The predicted molar refractivity (Wildman–Crippen MR) is 153 cm³/mol. The van der Waals surface area contributed by atoms with Crippen LogP contribution in [0.5, 0.6) is 0 Å². The van der Waals surface area contributed by atoms with Gasteiger partial charge in [0.1, 0.15) is 12.2 Å². The average molecular weight is 646 g/mol. The first-order chi connectivity index (χ1) is 20.9. The Morgan fingerprint density at radius 1 is 1.09 bits per heavy atom. The first kappa shape index (κ1) is 35.5. The van der Waals surface area contributed by atoms with Gasteiger partial charge in [-0.25, -0.2) is 4.89 Å². The van der Waals surface area contributed by atoms with Gasteiger partial charge in [0, 0.05) is 17.8 Å². The van der Waals surface area contributed by atoms with Crippen LogP contribution >= 0.6 is 0 Å². The van der Waals surface area contributed by atoms with Crippen molar-refractivity contribution in [3.8, 4) is 0 Å². The molecule has 252 valence electrons.